The molecule has 2 rings (SSSR count). The fraction of sp³-hybridized carbons (Fsp3) is 0.556. The van der Waals surface area contributed by atoms with Gasteiger partial charge in [0.15, 0.2) is 6.04 Å². The summed E-state index contributed by atoms with van der Waals surface area (Å²) in [4.78, 5) is 24.1. The van der Waals surface area contributed by atoms with Gasteiger partial charge in [0.25, 0.3) is 5.91 Å². The van der Waals surface area contributed by atoms with Crippen LogP contribution in [0, 0.1) is 11.6 Å². The Hall–Kier alpha value is -2.02. The first kappa shape index (κ1) is 19.3. The zero-order valence-corrected chi connectivity index (χ0v) is 14.6. The maximum absolute atomic E-state index is 13.8. The standard InChI is InChI=1S/C18H25F2N3O2/c1-11(15-9-8-13(19)10-16(15)20)21-12(2)17(24)23-18(25)22-14-6-4-3-5-7-14/h8-12,14,21H,3-7H2,1-2H3,(H2,22,23,24,25)/p+1/t11-,12-/m0/s1. The molecule has 4 N–H and O–H groups in total. The molecule has 0 aliphatic heterocycles. The van der Waals surface area contributed by atoms with Gasteiger partial charge in [-0.25, -0.2) is 13.6 Å². The highest BCUT2D eigenvalue weighted by Gasteiger charge is 2.24. The van der Waals surface area contributed by atoms with E-state index in [1.54, 1.807) is 19.2 Å². The number of rotatable bonds is 5. The van der Waals surface area contributed by atoms with Crippen molar-refractivity contribution < 1.29 is 23.7 Å². The zero-order chi connectivity index (χ0) is 18.4. The summed E-state index contributed by atoms with van der Waals surface area (Å²) in [6.45, 7) is 3.36. The topological polar surface area (TPSA) is 74.8 Å². The number of nitrogens with two attached hydrogens (primary N) is 1. The molecule has 1 saturated carbocycles. The van der Waals surface area contributed by atoms with Crippen molar-refractivity contribution in [1.29, 1.82) is 0 Å². The number of benzene rings is 1. The molecule has 1 aliphatic rings. The van der Waals surface area contributed by atoms with Crippen LogP contribution in [0.2, 0.25) is 0 Å². The summed E-state index contributed by atoms with van der Waals surface area (Å²) in [5, 5.41) is 6.79. The minimum atomic E-state index is -0.647. The van der Waals surface area contributed by atoms with E-state index < -0.39 is 29.6 Å². The highest BCUT2D eigenvalue weighted by molar-refractivity contribution is 5.96. The van der Waals surface area contributed by atoms with E-state index in [-0.39, 0.29) is 12.1 Å². The summed E-state index contributed by atoms with van der Waals surface area (Å²) in [5.74, 6) is -1.73. The zero-order valence-electron chi connectivity index (χ0n) is 14.6. The van der Waals surface area contributed by atoms with Crippen molar-refractivity contribution >= 4 is 11.9 Å². The minimum Gasteiger partial charge on any atom is -0.335 e. The lowest BCUT2D eigenvalue weighted by Gasteiger charge is -2.23. The Morgan fingerprint density at radius 3 is 2.48 bits per heavy atom. The second-order valence-corrected chi connectivity index (χ2v) is 6.73. The van der Waals surface area contributed by atoms with Crippen LogP contribution in [-0.2, 0) is 4.79 Å². The van der Waals surface area contributed by atoms with Gasteiger partial charge in [-0.3, -0.25) is 10.1 Å². The molecule has 7 heteroatoms. The quantitative estimate of drug-likeness (QED) is 0.758. The summed E-state index contributed by atoms with van der Waals surface area (Å²) in [6.07, 6.45) is 5.23. The van der Waals surface area contributed by atoms with Crippen LogP contribution in [0.15, 0.2) is 18.2 Å². The van der Waals surface area contributed by atoms with Crippen molar-refractivity contribution in [2.45, 2.75) is 64.1 Å². The van der Waals surface area contributed by atoms with Crippen molar-refractivity contribution in [3.8, 4) is 0 Å². The van der Waals surface area contributed by atoms with Crippen LogP contribution in [0.3, 0.4) is 0 Å². The number of amides is 3. The Labute approximate surface area is 146 Å². The molecular formula is C18H26F2N3O2+. The molecule has 1 aliphatic carbocycles. The minimum absolute atomic E-state index is 0.119. The molecule has 0 radical (unpaired) electrons. The van der Waals surface area contributed by atoms with Gasteiger partial charge in [0.2, 0.25) is 0 Å². The Morgan fingerprint density at radius 1 is 1.16 bits per heavy atom. The summed E-state index contributed by atoms with van der Waals surface area (Å²) in [6, 6.07) is 2.03. The number of carbonyl (C=O) groups excluding carboxylic acids is 2. The van der Waals surface area contributed by atoms with E-state index in [9.17, 15) is 18.4 Å². The van der Waals surface area contributed by atoms with Crippen LogP contribution < -0.4 is 16.0 Å². The first-order valence-corrected chi connectivity index (χ1v) is 8.78. The van der Waals surface area contributed by atoms with Gasteiger partial charge < -0.3 is 10.6 Å². The normalized spacial score (nSPS) is 17.6. The lowest BCUT2D eigenvalue weighted by atomic mass is 9.96. The van der Waals surface area contributed by atoms with Crippen LogP contribution in [0.5, 0.6) is 0 Å². The maximum Gasteiger partial charge on any atom is 0.321 e. The third kappa shape index (κ3) is 5.77. The van der Waals surface area contributed by atoms with E-state index in [1.807, 2.05) is 0 Å². The number of hydrogen-bond acceptors (Lipinski definition) is 2. The largest absolute Gasteiger partial charge is 0.335 e. The van der Waals surface area contributed by atoms with Crippen LogP contribution >= 0.6 is 0 Å². The molecule has 0 unspecified atom stereocenters. The molecule has 1 aromatic carbocycles. The predicted molar refractivity (Wildman–Crippen MR) is 89.7 cm³/mol. The molecule has 138 valence electrons. The predicted octanol–water partition coefficient (Wildman–Crippen LogP) is 2.14. The Morgan fingerprint density at radius 2 is 1.84 bits per heavy atom. The first-order valence-electron chi connectivity index (χ1n) is 8.78. The van der Waals surface area contributed by atoms with Crippen molar-refractivity contribution in [1.82, 2.24) is 10.6 Å². The van der Waals surface area contributed by atoms with Gasteiger partial charge in [0, 0.05) is 17.7 Å². The molecule has 1 aromatic rings. The Kier molecular flexibility index (Phi) is 6.87. The molecule has 1 fully saturated rings. The molecule has 0 aromatic heterocycles. The summed E-state index contributed by atoms with van der Waals surface area (Å²) < 4.78 is 26.8. The second kappa shape index (κ2) is 8.89. The maximum atomic E-state index is 13.8. The highest BCUT2D eigenvalue weighted by atomic mass is 19.1. The molecule has 0 saturated heterocycles. The molecule has 3 amide bonds. The van der Waals surface area contributed by atoms with Crippen LogP contribution in [-0.4, -0.2) is 24.0 Å². The van der Waals surface area contributed by atoms with Crippen molar-refractivity contribution in [2.24, 2.45) is 0 Å². The van der Waals surface area contributed by atoms with Crippen LogP contribution in [0.25, 0.3) is 0 Å². The van der Waals surface area contributed by atoms with E-state index in [1.165, 1.54) is 18.6 Å². The van der Waals surface area contributed by atoms with E-state index >= 15 is 0 Å². The van der Waals surface area contributed by atoms with Gasteiger partial charge in [0.05, 0.1) is 0 Å². The van der Waals surface area contributed by atoms with Crippen molar-refractivity contribution in [3.63, 3.8) is 0 Å². The number of halogens is 2. The lowest BCUT2D eigenvalue weighted by Crippen LogP contribution is -2.92. The van der Waals surface area contributed by atoms with E-state index in [4.69, 9.17) is 0 Å². The van der Waals surface area contributed by atoms with Gasteiger partial charge in [0.1, 0.15) is 17.7 Å². The lowest BCUT2D eigenvalue weighted by molar-refractivity contribution is -0.710. The van der Waals surface area contributed by atoms with E-state index in [0.29, 0.717) is 5.56 Å². The molecule has 5 nitrogen and oxygen atoms in total. The fourth-order valence-electron chi connectivity index (χ4n) is 3.19. The number of quaternary nitrogens is 1. The second-order valence-electron chi connectivity index (χ2n) is 6.73. The Balaban J connectivity index is 1.83. The monoisotopic (exact) mass is 354 g/mol. The van der Waals surface area contributed by atoms with Gasteiger partial charge in [-0.15, -0.1) is 0 Å². The number of carbonyl (C=O) groups is 2. The van der Waals surface area contributed by atoms with E-state index in [0.717, 1.165) is 31.7 Å². The van der Waals surface area contributed by atoms with Crippen molar-refractivity contribution in [3.05, 3.63) is 35.4 Å². The van der Waals surface area contributed by atoms with Gasteiger partial charge in [-0.1, -0.05) is 19.3 Å². The molecule has 0 heterocycles. The van der Waals surface area contributed by atoms with Gasteiger partial charge >= 0.3 is 6.03 Å². The summed E-state index contributed by atoms with van der Waals surface area (Å²) >= 11 is 0. The molecule has 2 atom stereocenters. The fourth-order valence-corrected chi connectivity index (χ4v) is 3.19. The molecule has 25 heavy (non-hydrogen) atoms. The van der Waals surface area contributed by atoms with E-state index in [2.05, 4.69) is 10.6 Å². The average molecular weight is 354 g/mol. The van der Waals surface area contributed by atoms with Gasteiger partial charge in [-0.05, 0) is 38.8 Å². The van der Waals surface area contributed by atoms with Crippen LogP contribution in [0.1, 0.15) is 57.6 Å². The summed E-state index contributed by atoms with van der Waals surface area (Å²) in [5.41, 5.74) is 0.313. The van der Waals surface area contributed by atoms with Crippen molar-refractivity contribution in [2.75, 3.05) is 0 Å². The average Bonchev–Trinajstić information content (AvgIpc) is 2.55. The molecule has 0 bridgehead atoms. The Bertz CT molecular complexity index is 618. The SMILES string of the molecule is C[C@H]([NH2+][C@@H](C)c1ccc(F)cc1F)C(=O)NC(=O)NC1CCCCC1. The first-order chi connectivity index (χ1) is 11.9. The van der Waals surface area contributed by atoms with Crippen LogP contribution in [0.4, 0.5) is 13.6 Å². The highest BCUT2D eigenvalue weighted by Crippen LogP contribution is 2.17. The van der Waals surface area contributed by atoms with Gasteiger partial charge in [-0.2, -0.15) is 0 Å². The smallest absolute Gasteiger partial charge is 0.321 e. The molecular weight excluding hydrogens is 328 g/mol. The third-order valence-electron chi connectivity index (χ3n) is 4.62. The third-order valence-corrected chi connectivity index (χ3v) is 4.62. The molecule has 0 spiro atoms. The number of urea groups is 1. The number of imide groups is 1. The summed E-state index contributed by atoms with van der Waals surface area (Å²) in [7, 11) is 0. The number of nitrogens with one attached hydrogen (secondary N) is 2. The number of hydrogen-bond donors (Lipinski definition) is 3.